The first-order chi connectivity index (χ1) is 29.7. The molecule has 10 nitrogen and oxygen atoms in total. The number of phosphoric ester groups is 1. The topological polar surface area (TPSA) is 149 Å². The lowest BCUT2D eigenvalue weighted by molar-refractivity contribution is -0.161. The third kappa shape index (κ3) is 45.3. The molecule has 0 rings (SSSR count). The minimum Gasteiger partial charge on any atom is -0.462 e. The molecule has 0 aliphatic heterocycles. The fourth-order valence-corrected chi connectivity index (χ4v) is 7.04. The van der Waals surface area contributed by atoms with Crippen LogP contribution in [0.5, 0.6) is 0 Å². The molecule has 0 bridgehead atoms. The molecular weight excluding hydrogens is 792 g/mol. The van der Waals surface area contributed by atoms with Gasteiger partial charge < -0.3 is 24.6 Å². The maximum Gasteiger partial charge on any atom is 0.472 e. The van der Waals surface area contributed by atoms with Crippen molar-refractivity contribution in [1.82, 2.24) is 0 Å². The Morgan fingerprint density at radius 1 is 0.508 bits per heavy atom. The third-order valence-corrected chi connectivity index (χ3v) is 10.8. The zero-order chi connectivity index (χ0) is 44.8. The minimum absolute atomic E-state index is 0.0575. The van der Waals surface area contributed by atoms with Crippen LogP contribution in [0.25, 0.3) is 0 Å². The molecular formula is C50H87O10P. The Balaban J connectivity index is 4.34. The van der Waals surface area contributed by atoms with Crippen LogP contribution < -0.4 is 0 Å². The van der Waals surface area contributed by atoms with E-state index in [0.29, 0.717) is 12.8 Å². The zero-order valence-electron chi connectivity index (χ0n) is 38.4. The molecule has 11 heteroatoms. The van der Waals surface area contributed by atoms with Gasteiger partial charge in [0.1, 0.15) is 12.7 Å². The maximum absolute atomic E-state index is 12.6. The molecule has 0 spiro atoms. The van der Waals surface area contributed by atoms with Crippen molar-refractivity contribution in [3.63, 3.8) is 0 Å². The number of phosphoric acid groups is 1. The summed E-state index contributed by atoms with van der Waals surface area (Å²) in [6.07, 6.45) is 53.1. The van der Waals surface area contributed by atoms with Crippen molar-refractivity contribution in [1.29, 1.82) is 0 Å². The summed E-state index contributed by atoms with van der Waals surface area (Å²) in [5.74, 6) is -1.02. The number of rotatable bonds is 44. The molecule has 61 heavy (non-hydrogen) atoms. The molecule has 3 N–H and O–H groups in total. The van der Waals surface area contributed by atoms with E-state index in [9.17, 15) is 24.2 Å². The Morgan fingerprint density at radius 2 is 0.902 bits per heavy atom. The van der Waals surface area contributed by atoms with Gasteiger partial charge in [0.15, 0.2) is 6.10 Å². The normalized spacial score (nSPS) is 14.4. The summed E-state index contributed by atoms with van der Waals surface area (Å²) in [7, 11) is -4.64. The summed E-state index contributed by atoms with van der Waals surface area (Å²) < 4.78 is 32.7. The SMILES string of the molecule is CC/C=C\C/C=C\C/C=C\C/C=C\C/C=C\C/C=C\CCC(=O)OC(COC(=O)CCCCCCCCCCCCCCCCCCCCC)COP(=O)(O)OCC(O)CO. The van der Waals surface area contributed by atoms with Crippen LogP contribution in [0, 0.1) is 0 Å². The van der Waals surface area contributed by atoms with E-state index in [4.69, 9.17) is 19.1 Å². The highest BCUT2D eigenvalue weighted by molar-refractivity contribution is 7.47. The number of esters is 2. The van der Waals surface area contributed by atoms with E-state index in [1.807, 2.05) is 12.2 Å². The van der Waals surface area contributed by atoms with Gasteiger partial charge in [0.2, 0.25) is 0 Å². The van der Waals surface area contributed by atoms with Crippen LogP contribution in [0.15, 0.2) is 72.9 Å². The zero-order valence-corrected chi connectivity index (χ0v) is 39.3. The van der Waals surface area contributed by atoms with Crippen molar-refractivity contribution in [2.75, 3.05) is 26.4 Å². The van der Waals surface area contributed by atoms with Crippen LogP contribution in [0.1, 0.15) is 194 Å². The van der Waals surface area contributed by atoms with Crippen LogP contribution in [0.4, 0.5) is 0 Å². The van der Waals surface area contributed by atoms with E-state index in [2.05, 4.69) is 79.1 Å². The molecule has 0 aromatic carbocycles. The second kappa shape index (κ2) is 45.4. The van der Waals surface area contributed by atoms with Crippen molar-refractivity contribution in [2.24, 2.45) is 0 Å². The summed E-state index contributed by atoms with van der Waals surface area (Å²) in [4.78, 5) is 35.1. The molecule has 0 radical (unpaired) electrons. The average Bonchev–Trinajstić information content (AvgIpc) is 3.25. The second-order valence-electron chi connectivity index (χ2n) is 15.8. The largest absolute Gasteiger partial charge is 0.472 e. The van der Waals surface area contributed by atoms with Crippen LogP contribution in [-0.4, -0.2) is 65.7 Å². The molecule has 0 heterocycles. The van der Waals surface area contributed by atoms with Crippen LogP contribution >= 0.6 is 7.82 Å². The van der Waals surface area contributed by atoms with Gasteiger partial charge in [-0.2, -0.15) is 0 Å². The number of aliphatic hydroxyl groups excluding tert-OH is 2. The quantitative estimate of drug-likeness (QED) is 0.0234. The Morgan fingerprint density at radius 3 is 1.33 bits per heavy atom. The second-order valence-corrected chi connectivity index (χ2v) is 17.2. The van der Waals surface area contributed by atoms with E-state index in [-0.39, 0.29) is 19.4 Å². The standard InChI is InChI=1S/C50H87O10P/c1-3-5-7-9-11-13-15-17-19-21-23-25-27-29-31-33-35-37-39-41-49(53)57-45-48(46-59-61(55,56)58-44-47(52)43-51)60-50(54)42-40-38-36-34-32-30-28-26-24-22-20-18-16-14-12-10-8-6-4-2/h6,8,12,14,18,20,24,26,30,32,36,38,47-48,51-52H,3-5,7,9-11,13,15-17,19,21-23,25,27-29,31,33-35,37,39-46H2,1-2H3,(H,55,56)/b8-6-,14-12-,20-18-,26-24-,32-30-,38-36-. The van der Waals surface area contributed by atoms with Gasteiger partial charge in [0.05, 0.1) is 19.8 Å². The molecule has 0 fully saturated rings. The van der Waals surface area contributed by atoms with E-state index >= 15 is 0 Å². The summed E-state index contributed by atoms with van der Waals surface area (Å²) in [6, 6.07) is 0. The summed E-state index contributed by atoms with van der Waals surface area (Å²) in [6.45, 7) is 2.20. The predicted octanol–water partition coefficient (Wildman–Crippen LogP) is 13.2. The van der Waals surface area contributed by atoms with Crippen molar-refractivity contribution >= 4 is 19.8 Å². The fraction of sp³-hybridized carbons (Fsp3) is 0.720. The van der Waals surface area contributed by atoms with Gasteiger partial charge in [0, 0.05) is 12.8 Å². The lowest BCUT2D eigenvalue weighted by Crippen LogP contribution is -2.29. The smallest absolute Gasteiger partial charge is 0.462 e. The summed E-state index contributed by atoms with van der Waals surface area (Å²) >= 11 is 0. The van der Waals surface area contributed by atoms with Crippen molar-refractivity contribution < 1.29 is 47.8 Å². The van der Waals surface area contributed by atoms with Gasteiger partial charge in [-0.3, -0.25) is 18.6 Å². The van der Waals surface area contributed by atoms with E-state index in [0.717, 1.165) is 57.8 Å². The van der Waals surface area contributed by atoms with Gasteiger partial charge in [-0.15, -0.1) is 0 Å². The molecule has 0 aliphatic carbocycles. The highest BCUT2D eigenvalue weighted by Crippen LogP contribution is 2.43. The number of carbonyl (C=O) groups is 2. The van der Waals surface area contributed by atoms with Gasteiger partial charge >= 0.3 is 19.8 Å². The van der Waals surface area contributed by atoms with Gasteiger partial charge in [0.25, 0.3) is 0 Å². The van der Waals surface area contributed by atoms with Gasteiger partial charge in [-0.05, 0) is 51.4 Å². The lowest BCUT2D eigenvalue weighted by Gasteiger charge is -2.20. The first kappa shape index (κ1) is 58.4. The van der Waals surface area contributed by atoms with Crippen molar-refractivity contribution in [3.05, 3.63) is 72.9 Å². The first-order valence-electron chi connectivity index (χ1n) is 23.9. The highest BCUT2D eigenvalue weighted by Gasteiger charge is 2.27. The average molecular weight is 879 g/mol. The Labute approximate surface area is 371 Å². The van der Waals surface area contributed by atoms with Crippen LogP contribution in [0.3, 0.4) is 0 Å². The number of carbonyl (C=O) groups excluding carboxylic acids is 2. The number of aliphatic hydroxyl groups is 2. The molecule has 3 unspecified atom stereocenters. The minimum atomic E-state index is -4.64. The molecule has 352 valence electrons. The predicted molar refractivity (Wildman–Crippen MR) is 251 cm³/mol. The molecule has 0 aromatic rings. The number of hydrogen-bond acceptors (Lipinski definition) is 9. The molecule has 0 saturated carbocycles. The lowest BCUT2D eigenvalue weighted by atomic mass is 10.0. The summed E-state index contributed by atoms with van der Waals surface area (Å²) in [5, 5.41) is 18.4. The Hall–Kier alpha value is -2.59. The van der Waals surface area contributed by atoms with Gasteiger partial charge in [-0.25, -0.2) is 4.57 Å². The molecule has 3 atom stereocenters. The molecule has 0 aromatic heterocycles. The highest BCUT2D eigenvalue weighted by atomic mass is 31.2. The Bertz CT molecular complexity index is 1240. The monoisotopic (exact) mass is 879 g/mol. The van der Waals surface area contributed by atoms with E-state index in [1.54, 1.807) is 0 Å². The third-order valence-electron chi connectivity index (χ3n) is 9.89. The van der Waals surface area contributed by atoms with Crippen LogP contribution in [-0.2, 0) is 32.7 Å². The van der Waals surface area contributed by atoms with Crippen molar-refractivity contribution in [3.8, 4) is 0 Å². The number of unbranched alkanes of at least 4 members (excludes halogenated alkanes) is 18. The van der Waals surface area contributed by atoms with Crippen molar-refractivity contribution in [2.45, 2.75) is 206 Å². The first-order valence-corrected chi connectivity index (χ1v) is 25.4. The van der Waals surface area contributed by atoms with Gasteiger partial charge in [-0.1, -0.05) is 202 Å². The van der Waals surface area contributed by atoms with Crippen LogP contribution in [0.2, 0.25) is 0 Å². The molecule has 0 saturated heterocycles. The number of hydrogen-bond donors (Lipinski definition) is 3. The summed E-state index contributed by atoms with van der Waals surface area (Å²) in [5.41, 5.74) is 0. The Kier molecular flexibility index (Phi) is 43.5. The maximum atomic E-state index is 12.6. The van der Waals surface area contributed by atoms with E-state index < -0.39 is 51.8 Å². The fourth-order valence-electron chi connectivity index (χ4n) is 6.26. The number of allylic oxidation sites excluding steroid dienone is 12. The molecule has 0 aliphatic rings. The number of ether oxygens (including phenoxy) is 2. The molecule has 0 amide bonds. The van der Waals surface area contributed by atoms with E-state index in [1.165, 1.54) is 96.3 Å².